The Morgan fingerprint density at radius 3 is 2.70 bits per heavy atom. The molecule has 140 valence electrons. The van der Waals surface area contributed by atoms with Crippen LogP contribution in [-0.2, 0) is 17.0 Å². The highest BCUT2D eigenvalue weighted by atomic mass is 35.5. The first-order valence-electron chi connectivity index (χ1n) is 8.20. The van der Waals surface area contributed by atoms with Crippen LogP contribution in [0.5, 0.6) is 0 Å². The lowest BCUT2D eigenvalue weighted by atomic mass is 9.85. The topological polar surface area (TPSA) is 50.7 Å². The molecule has 4 nitrogen and oxygen atoms in total. The number of halogens is 4. The largest absolute Gasteiger partial charge is 0.435 e. The van der Waals surface area contributed by atoms with Gasteiger partial charge in [0.05, 0.1) is 5.71 Å². The van der Waals surface area contributed by atoms with Crippen LogP contribution in [0.3, 0.4) is 0 Å². The molecule has 2 aliphatic rings. The van der Waals surface area contributed by atoms with Gasteiger partial charge in [0.1, 0.15) is 0 Å². The molecule has 0 aliphatic carbocycles. The van der Waals surface area contributed by atoms with Crippen molar-refractivity contribution in [3.8, 4) is 0 Å². The zero-order valence-electron chi connectivity index (χ0n) is 14.2. The summed E-state index contributed by atoms with van der Waals surface area (Å²) in [6, 6.07) is 9.09. The van der Waals surface area contributed by atoms with Gasteiger partial charge in [0.15, 0.2) is 0 Å². The Morgan fingerprint density at radius 1 is 1.22 bits per heavy atom. The van der Waals surface area contributed by atoms with Crippen molar-refractivity contribution in [2.75, 3.05) is 0 Å². The van der Waals surface area contributed by atoms with E-state index < -0.39 is 18.2 Å². The molecule has 1 unspecified atom stereocenters. The summed E-state index contributed by atoms with van der Waals surface area (Å²) in [6.45, 7) is 2.01. The van der Waals surface area contributed by atoms with E-state index in [2.05, 4.69) is 10.5 Å². The van der Waals surface area contributed by atoms with E-state index in [1.54, 1.807) is 31.2 Å². The molecule has 2 aromatic carbocycles. The summed E-state index contributed by atoms with van der Waals surface area (Å²) in [6.07, 6.45) is -5.17. The van der Waals surface area contributed by atoms with Crippen LogP contribution in [0.25, 0.3) is 0 Å². The number of carbonyl (C=O) groups excluding carboxylic acids is 1. The third-order valence-electron chi connectivity index (χ3n) is 4.82. The number of alkyl halides is 3. The van der Waals surface area contributed by atoms with Crippen LogP contribution in [-0.4, -0.2) is 17.8 Å². The van der Waals surface area contributed by atoms with Gasteiger partial charge in [0, 0.05) is 29.1 Å². The SMILES string of the molecule is Cc1cc(Cl)cc(C2(C(F)(F)F)CC(c3ccc4c(c3)CNC4=O)=NO2)c1. The molecule has 0 bridgehead atoms. The van der Waals surface area contributed by atoms with Crippen LogP contribution in [0.15, 0.2) is 41.6 Å². The van der Waals surface area contributed by atoms with Crippen molar-refractivity contribution in [3.63, 3.8) is 0 Å². The fourth-order valence-corrected chi connectivity index (χ4v) is 3.73. The fourth-order valence-electron chi connectivity index (χ4n) is 3.44. The predicted molar refractivity (Wildman–Crippen MR) is 93.8 cm³/mol. The minimum atomic E-state index is -4.69. The minimum absolute atomic E-state index is 0.0863. The van der Waals surface area contributed by atoms with Crippen LogP contribution >= 0.6 is 11.6 Å². The van der Waals surface area contributed by atoms with Gasteiger partial charge in [0.25, 0.3) is 11.5 Å². The van der Waals surface area contributed by atoms with E-state index in [1.165, 1.54) is 12.1 Å². The molecule has 0 radical (unpaired) electrons. The lowest BCUT2D eigenvalue weighted by Gasteiger charge is -2.29. The van der Waals surface area contributed by atoms with Gasteiger partial charge in [-0.25, -0.2) is 0 Å². The van der Waals surface area contributed by atoms with Gasteiger partial charge < -0.3 is 10.2 Å². The molecule has 0 spiro atoms. The number of nitrogens with one attached hydrogen (secondary N) is 1. The number of benzene rings is 2. The molecule has 0 aromatic heterocycles. The summed E-state index contributed by atoms with van der Waals surface area (Å²) < 4.78 is 42.1. The summed E-state index contributed by atoms with van der Waals surface area (Å²) in [4.78, 5) is 16.7. The molecule has 8 heteroatoms. The van der Waals surface area contributed by atoms with Crippen molar-refractivity contribution < 1.29 is 22.8 Å². The van der Waals surface area contributed by atoms with Crippen molar-refractivity contribution >= 4 is 23.2 Å². The maximum atomic E-state index is 14.0. The maximum Gasteiger partial charge on any atom is 0.435 e. The average molecular weight is 395 g/mol. The Morgan fingerprint density at radius 2 is 2.00 bits per heavy atom. The number of oxime groups is 1. The number of aryl methyl sites for hydroxylation is 1. The van der Waals surface area contributed by atoms with E-state index in [1.807, 2.05) is 0 Å². The molecule has 27 heavy (non-hydrogen) atoms. The van der Waals surface area contributed by atoms with E-state index in [0.29, 0.717) is 23.2 Å². The molecule has 1 atom stereocenters. The highest BCUT2D eigenvalue weighted by Crippen LogP contribution is 2.49. The number of amides is 1. The Balaban J connectivity index is 1.73. The summed E-state index contributed by atoms with van der Waals surface area (Å²) in [5.41, 5.74) is -0.168. The number of rotatable bonds is 2. The summed E-state index contributed by atoms with van der Waals surface area (Å²) in [5, 5.41) is 6.63. The van der Waals surface area contributed by atoms with Crippen LogP contribution in [0.1, 0.15) is 39.0 Å². The molecule has 0 saturated carbocycles. The lowest BCUT2D eigenvalue weighted by molar-refractivity contribution is -0.275. The van der Waals surface area contributed by atoms with Gasteiger partial charge >= 0.3 is 6.18 Å². The molecule has 1 amide bonds. The van der Waals surface area contributed by atoms with Crippen molar-refractivity contribution in [3.05, 3.63) is 69.2 Å². The summed E-state index contributed by atoms with van der Waals surface area (Å²) >= 11 is 5.97. The second-order valence-electron chi connectivity index (χ2n) is 6.70. The summed E-state index contributed by atoms with van der Waals surface area (Å²) in [7, 11) is 0. The van der Waals surface area contributed by atoms with Gasteiger partial charge in [-0.05, 0) is 47.9 Å². The Kier molecular flexibility index (Phi) is 3.96. The third kappa shape index (κ3) is 2.86. The summed E-state index contributed by atoms with van der Waals surface area (Å²) in [5.74, 6) is -0.194. The molecule has 0 fully saturated rings. The van der Waals surface area contributed by atoms with Crippen LogP contribution in [0, 0.1) is 6.92 Å². The molecule has 2 heterocycles. The molecule has 0 saturated heterocycles. The van der Waals surface area contributed by atoms with Crippen molar-refractivity contribution in [2.24, 2.45) is 5.16 Å². The van der Waals surface area contributed by atoms with E-state index in [4.69, 9.17) is 16.4 Å². The minimum Gasteiger partial charge on any atom is -0.374 e. The Labute approximate surface area is 158 Å². The van der Waals surface area contributed by atoms with Gasteiger partial charge in [-0.15, -0.1) is 0 Å². The van der Waals surface area contributed by atoms with Crippen LogP contribution < -0.4 is 5.32 Å². The normalized spacial score (nSPS) is 21.5. The van der Waals surface area contributed by atoms with E-state index in [0.717, 1.165) is 5.56 Å². The average Bonchev–Trinajstić information content (AvgIpc) is 3.19. The fraction of sp³-hybridized carbons (Fsp3) is 0.263. The highest BCUT2D eigenvalue weighted by Gasteiger charge is 2.62. The van der Waals surface area contributed by atoms with E-state index in [9.17, 15) is 18.0 Å². The van der Waals surface area contributed by atoms with Gasteiger partial charge in [-0.1, -0.05) is 28.9 Å². The molecule has 4 rings (SSSR count). The third-order valence-corrected chi connectivity index (χ3v) is 5.04. The molecule has 2 aliphatic heterocycles. The first kappa shape index (κ1) is 17.9. The maximum absolute atomic E-state index is 14.0. The zero-order valence-corrected chi connectivity index (χ0v) is 14.9. The van der Waals surface area contributed by atoms with Crippen molar-refractivity contribution in [1.29, 1.82) is 0 Å². The Bertz CT molecular complexity index is 967. The van der Waals surface area contributed by atoms with Crippen molar-refractivity contribution in [1.82, 2.24) is 5.32 Å². The molecular formula is C19H14ClF3N2O2. The number of fused-ring (bicyclic) bond motifs is 1. The standard InChI is InChI=1S/C19H14ClF3N2O2/c1-10-4-13(7-14(20)5-10)18(19(21,22)23)8-16(25-27-18)11-2-3-15-12(6-11)9-24-17(15)26/h2-7H,8-9H2,1H3,(H,24,26). The second-order valence-corrected chi connectivity index (χ2v) is 7.14. The van der Waals surface area contributed by atoms with E-state index in [-0.39, 0.29) is 22.2 Å². The Hall–Kier alpha value is -2.54. The first-order valence-corrected chi connectivity index (χ1v) is 8.58. The van der Waals surface area contributed by atoms with Crippen molar-refractivity contribution in [2.45, 2.75) is 31.7 Å². The number of hydrogen-bond donors (Lipinski definition) is 1. The zero-order chi connectivity index (χ0) is 19.4. The molecule has 2 aromatic rings. The van der Waals surface area contributed by atoms with Crippen LogP contribution in [0.4, 0.5) is 13.2 Å². The first-order chi connectivity index (χ1) is 12.7. The molecular weight excluding hydrogens is 381 g/mol. The second kappa shape index (κ2) is 5.99. The smallest absolute Gasteiger partial charge is 0.374 e. The van der Waals surface area contributed by atoms with Gasteiger partial charge in [-0.3, -0.25) is 4.79 Å². The number of hydrogen-bond acceptors (Lipinski definition) is 3. The predicted octanol–water partition coefficient (Wildman–Crippen LogP) is 4.47. The quantitative estimate of drug-likeness (QED) is 0.816. The van der Waals surface area contributed by atoms with Gasteiger partial charge in [0.2, 0.25) is 0 Å². The van der Waals surface area contributed by atoms with Gasteiger partial charge in [-0.2, -0.15) is 13.2 Å². The number of carbonyl (C=O) groups is 1. The molecule has 1 N–H and O–H groups in total. The number of nitrogens with zero attached hydrogens (tertiary/aromatic N) is 1. The lowest BCUT2D eigenvalue weighted by Crippen LogP contribution is -2.42. The van der Waals surface area contributed by atoms with Crippen LogP contribution in [0.2, 0.25) is 5.02 Å². The monoisotopic (exact) mass is 394 g/mol. The highest BCUT2D eigenvalue weighted by molar-refractivity contribution is 6.30. The van der Waals surface area contributed by atoms with E-state index >= 15 is 0 Å².